The Kier molecular flexibility index (Phi) is 5.76. The summed E-state index contributed by atoms with van der Waals surface area (Å²) in [4.78, 5) is 0. The zero-order valence-corrected chi connectivity index (χ0v) is 14.0. The quantitative estimate of drug-likeness (QED) is 0.813. The Hall–Kier alpha value is -1.89. The van der Waals surface area contributed by atoms with Gasteiger partial charge in [-0.05, 0) is 30.2 Å². The Bertz CT molecular complexity index is 759. The molecule has 124 valence electrons. The summed E-state index contributed by atoms with van der Waals surface area (Å²) in [5.41, 5.74) is 2.32. The molecule has 0 heterocycles. The van der Waals surface area contributed by atoms with Crippen LogP contribution in [0.2, 0.25) is 0 Å². The molecule has 0 aliphatic heterocycles. The number of aliphatic hydroxyl groups excluding tert-OH is 1. The summed E-state index contributed by atoms with van der Waals surface area (Å²) in [6.07, 6.45) is -0.933. The van der Waals surface area contributed by atoms with Crippen LogP contribution in [0.3, 0.4) is 0 Å². The second kappa shape index (κ2) is 7.59. The molecule has 23 heavy (non-hydrogen) atoms. The highest BCUT2D eigenvalue weighted by Crippen LogP contribution is 2.19. The van der Waals surface area contributed by atoms with Gasteiger partial charge in [0.1, 0.15) is 5.75 Å². The van der Waals surface area contributed by atoms with Crippen LogP contribution >= 0.6 is 0 Å². The van der Waals surface area contributed by atoms with E-state index in [2.05, 4.69) is 4.72 Å². The first kappa shape index (κ1) is 17.5. The van der Waals surface area contributed by atoms with Crippen LogP contribution in [-0.2, 0) is 15.8 Å². The van der Waals surface area contributed by atoms with Crippen molar-refractivity contribution < 1.29 is 18.3 Å². The fraction of sp³-hybridized carbons (Fsp3) is 0.294. The van der Waals surface area contributed by atoms with Gasteiger partial charge in [-0.15, -0.1) is 0 Å². The van der Waals surface area contributed by atoms with Gasteiger partial charge in [0, 0.05) is 6.54 Å². The predicted octanol–water partition coefficient (Wildman–Crippen LogP) is 2.16. The van der Waals surface area contributed by atoms with E-state index in [1.807, 2.05) is 25.1 Å². The molecule has 0 aliphatic carbocycles. The first-order valence-electron chi connectivity index (χ1n) is 7.24. The van der Waals surface area contributed by atoms with Gasteiger partial charge >= 0.3 is 0 Å². The van der Waals surface area contributed by atoms with Gasteiger partial charge in [0.15, 0.2) is 0 Å². The number of hydrogen-bond donors (Lipinski definition) is 2. The van der Waals surface area contributed by atoms with Gasteiger partial charge in [-0.2, -0.15) is 0 Å². The van der Waals surface area contributed by atoms with E-state index >= 15 is 0 Å². The van der Waals surface area contributed by atoms with Crippen LogP contribution in [0.15, 0.2) is 48.5 Å². The molecule has 0 radical (unpaired) electrons. The molecule has 2 N–H and O–H groups in total. The SMILES string of the molecule is COc1cccc(C(O)CNS(=O)(=O)Cc2cccc(C)c2)c1. The van der Waals surface area contributed by atoms with Crippen molar-refractivity contribution in [3.05, 3.63) is 65.2 Å². The van der Waals surface area contributed by atoms with Crippen LogP contribution in [0.25, 0.3) is 0 Å². The topological polar surface area (TPSA) is 75.6 Å². The molecule has 0 aromatic heterocycles. The first-order chi connectivity index (χ1) is 10.9. The van der Waals surface area contributed by atoms with Crippen molar-refractivity contribution >= 4 is 10.0 Å². The van der Waals surface area contributed by atoms with Crippen LogP contribution in [0, 0.1) is 6.92 Å². The number of methoxy groups -OCH3 is 1. The number of ether oxygens (including phenoxy) is 1. The molecule has 1 unspecified atom stereocenters. The van der Waals surface area contributed by atoms with Crippen molar-refractivity contribution in [1.29, 1.82) is 0 Å². The summed E-state index contributed by atoms with van der Waals surface area (Å²) >= 11 is 0. The number of benzene rings is 2. The molecule has 0 bridgehead atoms. The highest BCUT2D eigenvalue weighted by Gasteiger charge is 2.15. The zero-order valence-electron chi connectivity index (χ0n) is 13.2. The molecule has 0 amide bonds. The van der Waals surface area contributed by atoms with Crippen molar-refractivity contribution in [2.75, 3.05) is 13.7 Å². The fourth-order valence-corrected chi connectivity index (χ4v) is 3.38. The zero-order chi connectivity index (χ0) is 16.9. The van der Waals surface area contributed by atoms with Gasteiger partial charge in [-0.1, -0.05) is 42.0 Å². The van der Waals surface area contributed by atoms with E-state index in [9.17, 15) is 13.5 Å². The molecule has 0 aliphatic rings. The molecule has 5 nitrogen and oxygen atoms in total. The van der Waals surface area contributed by atoms with E-state index in [4.69, 9.17) is 4.74 Å². The molecule has 0 fully saturated rings. The van der Waals surface area contributed by atoms with E-state index in [1.165, 1.54) is 7.11 Å². The third-order valence-electron chi connectivity index (χ3n) is 3.41. The van der Waals surface area contributed by atoms with E-state index in [1.54, 1.807) is 30.3 Å². The van der Waals surface area contributed by atoms with Gasteiger partial charge in [-0.25, -0.2) is 13.1 Å². The van der Waals surface area contributed by atoms with Crippen LogP contribution in [0.5, 0.6) is 5.75 Å². The molecule has 0 spiro atoms. The Morgan fingerprint density at radius 3 is 2.61 bits per heavy atom. The molecule has 2 aromatic rings. The van der Waals surface area contributed by atoms with Crippen LogP contribution < -0.4 is 9.46 Å². The summed E-state index contributed by atoms with van der Waals surface area (Å²) in [5.74, 6) is 0.503. The second-order valence-corrected chi connectivity index (χ2v) is 7.20. The average Bonchev–Trinajstić information content (AvgIpc) is 2.52. The second-order valence-electron chi connectivity index (χ2n) is 5.39. The van der Waals surface area contributed by atoms with E-state index in [0.29, 0.717) is 16.9 Å². The molecule has 6 heteroatoms. The minimum absolute atomic E-state index is 0.0820. The number of hydrogen-bond acceptors (Lipinski definition) is 4. The number of aliphatic hydroxyl groups is 1. The summed E-state index contributed by atoms with van der Waals surface area (Å²) in [7, 11) is -1.97. The number of rotatable bonds is 7. The normalized spacial score (nSPS) is 12.8. The maximum absolute atomic E-state index is 12.1. The Morgan fingerprint density at radius 2 is 1.91 bits per heavy atom. The lowest BCUT2D eigenvalue weighted by Crippen LogP contribution is -2.29. The minimum atomic E-state index is -3.51. The van der Waals surface area contributed by atoms with Gasteiger partial charge in [0.25, 0.3) is 0 Å². The number of aryl methyl sites for hydroxylation is 1. The van der Waals surface area contributed by atoms with E-state index < -0.39 is 16.1 Å². The third kappa shape index (κ3) is 5.35. The first-order valence-corrected chi connectivity index (χ1v) is 8.90. The molecular weight excluding hydrogens is 314 g/mol. The van der Waals surface area contributed by atoms with Crippen molar-refractivity contribution in [1.82, 2.24) is 4.72 Å². The number of sulfonamides is 1. The van der Waals surface area contributed by atoms with Gasteiger partial charge in [0.2, 0.25) is 10.0 Å². The number of nitrogens with one attached hydrogen (secondary N) is 1. The van der Waals surface area contributed by atoms with E-state index in [0.717, 1.165) is 5.56 Å². The summed E-state index contributed by atoms with van der Waals surface area (Å²) in [6.45, 7) is 1.83. The Balaban J connectivity index is 1.98. The third-order valence-corrected chi connectivity index (χ3v) is 4.73. The van der Waals surface area contributed by atoms with Crippen molar-refractivity contribution in [2.45, 2.75) is 18.8 Å². The maximum Gasteiger partial charge on any atom is 0.215 e. The average molecular weight is 335 g/mol. The van der Waals surface area contributed by atoms with Crippen molar-refractivity contribution in [2.24, 2.45) is 0 Å². The highest BCUT2D eigenvalue weighted by atomic mass is 32.2. The lowest BCUT2D eigenvalue weighted by molar-refractivity contribution is 0.181. The Labute approximate surface area is 137 Å². The van der Waals surface area contributed by atoms with Crippen molar-refractivity contribution in [3.8, 4) is 5.75 Å². The van der Waals surface area contributed by atoms with E-state index in [-0.39, 0.29) is 12.3 Å². The standard InChI is InChI=1S/C17H21NO4S/c1-13-5-3-6-14(9-13)12-23(20,21)18-11-17(19)15-7-4-8-16(10-15)22-2/h3-10,17-19H,11-12H2,1-2H3. The lowest BCUT2D eigenvalue weighted by atomic mass is 10.1. The Morgan fingerprint density at radius 1 is 1.17 bits per heavy atom. The summed E-state index contributed by atoms with van der Waals surface area (Å²) in [5, 5.41) is 10.1. The molecule has 2 aromatic carbocycles. The maximum atomic E-state index is 12.1. The van der Waals surface area contributed by atoms with Crippen LogP contribution in [-0.4, -0.2) is 27.2 Å². The molecule has 2 rings (SSSR count). The largest absolute Gasteiger partial charge is 0.497 e. The highest BCUT2D eigenvalue weighted by molar-refractivity contribution is 7.88. The van der Waals surface area contributed by atoms with Gasteiger partial charge in [-0.3, -0.25) is 0 Å². The van der Waals surface area contributed by atoms with Crippen molar-refractivity contribution in [3.63, 3.8) is 0 Å². The lowest BCUT2D eigenvalue weighted by Gasteiger charge is -2.13. The molecule has 0 saturated heterocycles. The summed E-state index contributed by atoms with van der Waals surface area (Å²) in [6, 6.07) is 14.3. The molecule has 0 saturated carbocycles. The summed E-state index contributed by atoms with van der Waals surface area (Å²) < 4.78 is 31.8. The minimum Gasteiger partial charge on any atom is -0.497 e. The molecule has 1 atom stereocenters. The predicted molar refractivity (Wildman–Crippen MR) is 89.8 cm³/mol. The van der Waals surface area contributed by atoms with Crippen LogP contribution in [0.1, 0.15) is 22.8 Å². The van der Waals surface area contributed by atoms with Gasteiger partial charge in [0.05, 0.1) is 19.0 Å². The monoisotopic (exact) mass is 335 g/mol. The van der Waals surface area contributed by atoms with Gasteiger partial charge < -0.3 is 9.84 Å². The molecular formula is C17H21NO4S. The smallest absolute Gasteiger partial charge is 0.215 e. The van der Waals surface area contributed by atoms with Crippen LogP contribution in [0.4, 0.5) is 0 Å². The fourth-order valence-electron chi connectivity index (χ4n) is 2.24.